The van der Waals surface area contributed by atoms with Crippen molar-refractivity contribution < 1.29 is 14.4 Å². The third kappa shape index (κ3) is 5.35. The van der Waals surface area contributed by atoms with Gasteiger partial charge >= 0.3 is 0 Å². The van der Waals surface area contributed by atoms with E-state index in [1.54, 1.807) is 18.2 Å². The van der Waals surface area contributed by atoms with Crippen LogP contribution in [0.15, 0.2) is 42.5 Å². The average molecular weight is 401 g/mol. The first-order valence-electron chi connectivity index (χ1n) is 6.95. The van der Waals surface area contributed by atoms with Crippen LogP contribution in [0, 0.1) is 0 Å². The molecule has 130 valence electrons. The van der Waals surface area contributed by atoms with Crippen molar-refractivity contribution in [1.82, 2.24) is 16.2 Å². The summed E-state index contributed by atoms with van der Waals surface area (Å²) in [5, 5.41) is 3.19. The van der Waals surface area contributed by atoms with Gasteiger partial charge < -0.3 is 5.32 Å². The average Bonchev–Trinajstić information content (AvgIpc) is 2.60. The Morgan fingerprint density at radius 2 is 1.52 bits per heavy atom. The number of benzene rings is 2. The van der Waals surface area contributed by atoms with Gasteiger partial charge in [0.15, 0.2) is 0 Å². The third-order valence-electron chi connectivity index (χ3n) is 3.03. The summed E-state index contributed by atoms with van der Waals surface area (Å²) < 4.78 is 0. The zero-order chi connectivity index (χ0) is 18.4. The smallest absolute Gasteiger partial charge is 0.271 e. The molecule has 0 radical (unpaired) electrons. The van der Waals surface area contributed by atoms with Crippen LogP contribution in [-0.4, -0.2) is 24.3 Å². The number of carbonyl (C=O) groups is 3. The number of amides is 3. The van der Waals surface area contributed by atoms with Crippen LogP contribution < -0.4 is 16.2 Å². The SMILES string of the molecule is O=C(CNC(=O)c1ccc(Cl)c(Cl)c1)NNC(=O)c1ccccc1Cl. The molecule has 0 bridgehead atoms. The standard InChI is InChI=1S/C16H12Cl3N3O3/c17-11-4-2-1-3-10(11)16(25)22-21-14(23)8-20-15(24)9-5-6-12(18)13(19)7-9/h1-7H,8H2,(H,20,24)(H,21,23)(H,22,25). The van der Waals surface area contributed by atoms with Gasteiger partial charge in [0.25, 0.3) is 17.7 Å². The Balaban J connectivity index is 1.82. The molecule has 3 amide bonds. The van der Waals surface area contributed by atoms with Crippen LogP contribution in [0.3, 0.4) is 0 Å². The highest BCUT2D eigenvalue weighted by molar-refractivity contribution is 6.42. The molecule has 0 saturated heterocycles. The number of carbonyl (C=O) groups excluding carboxylic acids is 3. The number of rotatable bonds is 4. The summed E-state index contributed by atoms with van der Waals surface area (Å²) in [5.41, 5.74) is 4.85. The molecular formula is C16H12Cl3N3O3. The minimum absolute atomic E-state index is 0.212. The molecule has 0 atom stereocenters. The normalized spacial score (nSPS) is 10.0. The summed E-state index contributed by atoms with van der Waals surface area (Å²) in [6.45, 7) is -0.345. The van der Waals surface area contributed by atoms with Gasteiger partial charge in [-0.15, -0.1) is 0 Å². The molecule has 6 nitrogen and oxygen atoms in total. The zero-order valence-corrected chi connectivity index (χ0v) is 14.9. The van der Waals surface area contributed by atoms with Crippen LogP contribution in [0.2, 0.25) is 15.1 Å². The molecule has 2 aromatic carbocycles. The van der Waals surface area contributed by atoms with E-state index in [4.69, 9.17) is 34.8 Å². The summed E-state index contributed by atoms with van der Waals surface area (Å²) in [5.74, 6) is -1.70. The van der Waals surface area contributed by atoms with Crippen LogP contribution >= 0.6 is 34.8 Å². The molecule has 2 aromatic rings. The Labute approximate surface area is 158 Å². The molecule has 0 unspecified atom stereocenters. The van der Waals surface area contributed by atoms with Gasteiger partial charge in [0.05, 0.1) is 27.2 Å². The Morgan fingerprint density at radius 1 is 0.800 bits per heavy atom. The van der Waals surface area contributed by atoms with E-state index in [0.29, 0.717) is 5.02 Å². The van der Waals surface area contributed by atoms with Crippen molar-refractivity contribution in [2.75, 3.05) is 6.54 Å². The molecule has 0 heterocycles. The van der Waals surface area contributed by atoms with E-state index in [0.717, 1.165) is 0 Å². The van der Waals surface area contributed by atoms with Crippen molar-refractivity contribution in [3.05, 3.63) is 68.7 Å². The molecular weight excluding hydrogens is 389 g/mol. The second kappa shape index (κ2) is 8.71. The van der Waals surface area contributed by atoms with E-state index in [1.165, 1.54) is 24.3 Å². The van der Waals surface area contributed by atoms with Gasteiger partial charge in [0, 0.05) is 5.56 Å². The topological polar surface area (TPSA) is 87.3 Å². The summed E-state index contributed by atoms with van der Waals surface area (Å²) in [6.07, 6.45) is 0. The van der Waals surface area contributed by atoms with Crippen molar-refractivity contribution in [1.29, 1.82) is 0 Å². The van der Waals surface area contributed by atoms with Crippen LogP contribution in [0.5, 0.6) is 0 Å². The number of nitrogens with one attached hydrogen (secondary N) is 3. The maximum Gasteiger partial charge on any atom is 0.271 e. The Hall–Kier alpha value is -2.28. The molecule has 25 heavy (non-hydrogen) atoms. The van der Waals surface area contributed by atoms with E-state index in [9.17, 15) is 14.4 Å². The van der Waals surface area contributed by atoms with Crippen molar-refractivity contribution in [3.63, 3.8) is 0 Å². The van der Waals surface area contributed by atoms with Gasteiger partial charge in [-0.25, -0.2) is 0 Å². The second-order valence-electron chi connectivity index (χ2n) is 4.79. The highest BCUT2D eigenvalue weighted by Gasteiger charge is 2.12. The van der Waals surface area contributed by atoms with Gasteiger partial charge in [0.2, 0.25) is 0 Å². The number of hydrogen-bond acceptors (Lipinski definition) is 3. The summed E-state index contributed by atoms with van der Waals surface area (Å²) >= 11 is 17.5. The van der Waals surface area contributed by atoms with Crippen LogP contribution in [-0.2, 0) is 4.79 Å². The van der Waals surface area contributed by atoms with Crippen LogP contribution in [0.25, 0.3) is 0 Å². The third-order valence-corrected chi connectivity index (χ3v) is 4.09. The quantitative estimate of drug-likeness (QED) is 0.690. The first-order chi connectivity index (χ1) is 11.9. The minimum Gasteiger partial charge on any atom is -0.343 e. The van der Waals surface area contributed by atoms with Gasteiger partial charge in [0.1, 0.15) is 0 Å². The molecule has 9 heteroatoms. The molecule has 0 aliphatic carbocycles. The van der Waals surface area contributed by atoms with Crippen LogP contribution in [0.1, 0.15) is 20.7 Å². The molecule has 3 N–H and O–H groups in total. The fraction of sp³-hybridized carbons (Fsp3) is 0.0625. The minimum atomic E-state index is -0.617. The molecule has 0 spiro atoms. The zero-order valence-electron chi connectivity index (χ0n) is 12.6. The summed E-state index contributed by atoms with van der Waals surface area (Å²) in [6, 6.07) is 10.7. The summed E-state index contributed by atoms with van der Waals surface area (Å²) in [4.78, 5) is 35.5. The van der Waals surface area contributed by atoms with Gasteiger partial charge in [-0.05, 0) is 30.3 Å². The number of hydrogen-bond donors (Lipinski definition) is 3. The molecule has 2 rings (SSSR count). The van der Waals surface area contributed by atoms with Gasteiger partial charge in [-0.2, -0.15) is 0 Å². The van der Waals surface area contributed by atoms with E-state index < -0.39 is 17.7 Å². The van der Waals surface area contributed by atoms with Crippen molar-refractivity contribution >= 4 is 52.5 Å². The predicted octanol–water partition coefficient (Wildman–Crippen LogP) is 2.84. The predicted molar refractivity (Wildman–Crippen MR) is 95.9 cm³/mol. The van der Waals surface area contributed by atoms with E-state index in [-0.39, 0.29) is 27.7 Å². The lowest BCUT2D eigenvalue weighted by molar-refractivity contribution is -0.120. The number of halogens is 3. The lowest BCUT2D eigenvalue weighted by atomic mass is 10.2. The van der Waals surface area contributed by atoms with Gasteiger partial charge in [-0.1, -0.05) is 46.9 Å². The highest BCUT2D eigenvalue weighted by atomic mass is 35.5. The Kier molecular flexibility index (Phi) is 6.64. The maximum atomic E-state index is 11.9. The van der Waals surface area contributed by atoms with E-state index in [2.05, 4.69) is 16.2 Å². The molecule has 0 aliphatic rings. The molecule has 0 aromatic heterocycles. The first-order valence-corrected chi connectivity index (χ1v) is 8.09. The monoisotopic (exact) mass is 399 g/mol. The Bertz CT molecular complexity index is 827. The molecule has 0 fully saturated rings. The van der Waals surface area contributed by atoms with Crippen molar-refractivity contribution in [2.24, 2.45) is 0 Å². The largest absolute Gasteiger partial charge is 0.343 e. The maximum absolute atomic E-state index is 11.9. The number of hydrazine groups is 1. The summed E-state index contributed by atoms with van der Waals surface area (Å²) in [7, 11) is 0. The molecule has 0 aliphatic heterocycles. The lowest BCUT2D eigenvalue weighted by Gasteiger charge is -2.09. The van der Waals surface area contributed by atoms with Gasteiger partial charge in [-0.3, -0.25) is 25.2 Å². The molecule has 0 saturated carbocycles. The van der Waals surface area contributed by atoms with E-state index in [1.807, 2.05) is 0 Å². The second-order valence-corrected chi connectivity index (χ2v) is 6.02. The van der Waals surface area contributed by atoms with Crippen LogP contribution in [0.4, 0.5) is 0 Å². The lowest BCUT2D eigenvalue weighted by Crippen LogP contribution is -2.46. The fourth-order valence-electron chi connectivity index (χ4n) is 1.78. The fourth-order valence-corrected chi connectivity index (χ4v) is 2.30. The van der Waals surface area contributed by atoms with Crippen molar-refractivity contribution in [3.8, 4) is 0 Å². The van der Waals surface area contributed by atoms with E-state index >= 15 is 0 Å². The van der Waals surface area contributed by atoms with Crippen molar-refractivity contribution in [2.45, 2.75) is 0 Å². The first kappa shape index (κ1) is 19.1. The highest BCUT2D eigenvalue weighted by Crippen LogP contribution is 2.22. The Morgan fingerprint density at radius 3 is 2.20 bits per heavy atom.